The first-order valence-corrected chi connectivity index (χ1v) is 5.28. The molecule has 1 unspecified atom stereocenters. The zero-order chi connectivity index (χ0) is 11.3. The highest BCUT2D eigenvalue weighted by molar-refractivity contribution is 5.88. The van der Waals surface area contributed by atoms with Crippen LogP contribution in [0.5, 0.6) is 0 Å². The Labute approximate surface area is 89.6 Å². The second-order valence-corrected chi connectivity index (χ2v) is 3.91. The summed E-state index contributed by atoms with van der Waals surface area (Å²) in [6, 6.07) is -0.387. The first-order chi connectivity index (χ1) is 7.09. The molecule has 1 atom stereocenters. The second-order valence-electron chi connectivity index (χ2n) is 3.91. The predicted octanol–water partition coefficient (Wildman–Crippen LogP) is -0.194. The summed E-state index contributed by atoms with van der Waals surface area (Å²) in [5.74, 6) is -0.329. The molecule has 1 rings (SSSR count). The highest BCUT2D eigenvalue weighted by Gasteiger charge is 2.23. The lowest BCUT2D eigenvalue weighted by Gasteiger charge is -2.22. The molecule has 0 aromatic rings. The van der Waals surface area contributed by atoms with Crippen LogP contribution in [-0.2, 0) is 14.3 Å². The van der Waals surface area contributed by atoms with Crippen LogP contribution in [-0.4, -0.2) is 37.1 Å². The van der Waals surface area contributed by atoms with Crippen molar-refractivity contribution in [3.63, 3.8) is 0 Å². The summed E-state index contributed by atoms with van der Waals surface area (Å²) in [7, 11) is 0. The highest BCUT2D eigenvalue weighted by Crippen LogP contribution is 2.02. The quantitative estimate of drug-likeness (QED) is 0.681. The minimum atomic E-state index is -0.387. The number of amides is 2. The van der Waals surface area contributed by atoms with Crippen molar-refractivity contribution in [3.05, 3.63) is 0 Å². The van der Waals surface area contributed by atoms with Crippen molar-refractivity contribution in [1.29, 1.82) is 0 Å². The SMILES string of the molecule is CC(C)OCC(=O)NC1CCCNC1=O. The number of piperidine rings is 1. The van der Waals surface area contributed by atoms with Gasteiger partial charge in [-0.25, -0.2) is 0 Å². The van der Waals surface area contributed by atoms with E-state index in [2.05, 4.69) is 10.6 Å². The number of hydrogen-bond donors (Lipinski definition) is 2. The number of carbonyl (C=O) groups is 2. The summed E-state index contributed by atoms with van der Waals surface area (Å²) in [5.41, 5.74) is 0. The molecule has 5 heteroatoms. The monoisotopic (exact) mass is 214 g/mol. The smallest absolute Gasteiger partial charge is 0.246 e. The number of hydrogen-bond acceptors (Lipinski definition) is 3. The Kier molecular flexibility index (Phi) is 4.55. The Balaban J connectivity index is 2.27. The molecule has 1 aliphatic heterocycles. The van der Waals surface area contributed by atoms with E-state index in [9.17, 15) is 9.59 Å². The Bertz CT molecular complexity index is 241. The van der Waals surface area contributed by atoms with E-state index in [4.69, 9.17) is 4.74 Å². The summed E-state index contributed by atoms with van der Waals surface area (Å²) in [6.07, 6.45) is 1.64. The molecule has 5 nitrogen and oxygen atoms in total. The standard InChI is InChI=1S/C10H18N2O3/c1-7(2)15-6-9(13)12-8-4-3-5-11-10(8)14/h7-8H,3-6H2,1-2H3,(H,11,14)(H,12,13). The molecule has 2 N–H and O–H groups in total. The summed E-state index contributed by atoms with van der Waals surface area (Å²) in [4.78, 5) is 22.6. The summed E-state index contributed by atoms with van der Waals surface area (Å²) < 4.78 is 5.14. The molecule has 0 aliphatic carbocycles. The van der Waals surface area contributed by atoms with Gasteiger partial charge < -0.3 is 15.4 Å². The van der Waals surface area contributed by atoms with Gasteiger partial charge in [-0.15, -0.1) is 0 Å². The number of carbonyl (C=O) groups excluding carboxylic acids is 2. The van der Waals surface area contributed by atoms with E-state index in [-0.39, 0.29) is 30.6 Å². The molecular weight excluding hydrogens is 196 g/mol. The van der Waals surface area contributed by atoms with Gasteiger partial charge in [0, 0.05) is 6.54 Å². The molecule has 86 valence electrons. The topological polar surface area (TPSA) is 67.4 Å². The van der Waals surface area contributed by atoms with Crippen LogP contribution in [0.2, 0.25) is 0 Å². The van der Waals surface area contributed by atoms with Gasteiger partial charge in [-0.2, -0.15) is 0 Å². The van der Waals surface area contributed by atoms with Gasteiger partial charge >= 0.3 is 0 Å². The van der Waals surface area contributed by atoms with Crippen molar-refractivity contribution >= 4 is 11.8 Å². The van der Waals surface area contributed by atoms with Crippen LogP contribution in [0.4, 0.5) is 0 Å². The third-order valence-electron chi connectivity index (χ3n) is 2.17. The van der Waals surface area contributed by atoms with E-state index in [1.54, 1.807) is 0 Å². The molecule has 0 aromatic carbocycles. The molecule has 0 radical (unpaired) electrons. The lowest BCUT2D eigenvalue weighted by atomic mass is 10.1. The van der Waals surface area contributed by atoms with Gasteiger partial charge in [-0.05, 0) is 26.7 Å². The molecule has 15 heavy (non-hydrogen) atoms. The molecule has 1 fully saturated rings. The van der Waals surface area contributed by atoms with Crippen LogP contribution in [0.15, 0.2) is 0 Å². The number of ether oxygens (including phenoxy) is 1. The van der Waals surface area contributed by atoms with Crippen molar-refractivity contribution in [2.75, 3.05) is 13.2 Å². The molecule has 0 bridgehead atoms. The molecule has 1 saturated heterocycles. The van der Waals surface area contributed by atoms with Gasteiger partial charge in [0.1, 0.15) is 12.6 Å². The molecule has 1 aliphatic rings. The van der Waals surface area contributed by atoms with Crippen molar-refractivity contribution in [3.8, 4) is 0 Å². The minimum absolute atomic E-state index is 0.0153. The Morgan fingerprint density at radius 1 is 1.67 bits per heavy atom. The minimum Gasteiger partial charge on any atom is -0.369 e. The molecule has 0 spiro atoms. The second kappa shape index (κ2) is 5.70. The molecule has 2 amide bonds. The van der Waals surface area contributed by atoms with Crippen LogP contribution >= 0.6 is 0 Å². The van der Waals surface area contributed by atoms with Crippen molar-refractivity contribution in [2.45, 2.75) is 38.8 Å². The number of nitrogens with one attached hydrogen (secondary N) is 2. The maximum Gasteiger partial charge on any atom is 0.246 e. The zero-order valence-electron chi connectivity index (χ0n) is 9.21. The largest absolute Gasteiger partial charge is 0.369 e. The lowest BCUT2D eigenvalue weighted by Crippen LogP contribution is -2.51. The van der Waals surface area contributed by atoms with Gasteiger partial charge in [0.05, 0.1) is 6.10 Å². The predicted molar refractivity (Wildman–Crippen MR) is 55.3 cm³/mol. The lowest BCUT2D eigenvalue weighted by molar-refractivity contribution is -0.133. The van der Waals surface area contributed by atoms with Crippen LogP contribution in [0.25, 0.3) is 0 Å². The van der Waals surface area contributed by atoms with E-state index in [0.29, 0.717) is 13.0 Å². The van der Waals surface area contributed by atoms with Crippen LogP contribution in [0.1, 0.15) is 26.7 Å². The van der Waals surface area contributed by atoms with E-state index in [0.717, 1.165) is 6.42 Å². The third-order valence-corrected chi connectivity index (χ3v) is 2.17. The normalized spacial score (nSPS) is 21.3. The third kappa shape index (κ3) is 4.29. The van der Waals surface area contributed by atoms with Crippen LogP contribution in [0, 0.1) is 0 Å². The maximum absolute atomic E-state index is 11.3. The van der Waals surface area contributed by atoms with Gasteiger partial charge in [0.2, 0.25) is 11.8 Å². The van der Waals surface area contributed by atoms with E-state index in [1.807, 2.05) is 13.8 Å². The van der Waals surface area contributed by atoms with Crippen molar-refractivity contribution < 1.29 is 14.3 Å². The first kappa shape index (κ1) is 12.0. The average molecular weight is 214 g/mol. The fourth-order valence-electron chi connectivity index (χ4n) is 1.39. The summed E-state index contributed by atoms with van der Waals surface area (Å²) in [6.45, 7) is 4.44. The van der Waals surface area contributed by atoms with E-state index >= 15 is 0 Å². The van der Waals surface area contributed by atoms with Crippen molar-refractivity contribution in [2.24, 2.45) is 0 Å². The average Bonchev–Trinajstić information content (AvgIpc) is 2.18. The van der Waals surface area contributed by atoms with Gasteiger partial charge in [0.25, 0.3) is 0 Å². The molecular formula is C10H18N2O3. The molecule has 0 aromatic heterocycles. The number of rotatable bonds is 4. The van der Waals surface area contributed by atoms with Crippen LogP contribution in [0.3, 0.4) is 0 Å². The fourth-order valence-corrected chi connectivity index (χ4v) is 1.39. The van der Waals surface area contributed by atoms with Gasteiger partial charge in [-0.1, -0.05) is 0 Å². The summed E-state index contributed by atoms with van der Waals surface area (Å²) >= 11 is 0. The molecule has 0 saturated carbocycles. The van der Waals surface area contributed by atoms with Gasteiger partial charge in [-0.3, -0.25) is 9.59 Å². The Morgan fingerprint density at radius 3 is 3.00 bits per heavy atom. The Hall–Kier alpha value is -1.10. The van der Waals surface area contributed by atoms with E-state index in [1.165, 1.54) is 0 Å². The van der Waals surface area contributed by atoms with Crippen LogP contribution < -0.4 is 10.6 Å². The highest BCUT2D eigenvalue weighted by atomic mass is 16.5. The molecule has 1 heterocycles. The maximum atomic E-state index is 11.3. The fraction of sp³-hybridized carbons (Fsp3) is 0.800. The zero-order valence-corrected chi connectivity index (χ0v) is 9.21. The first-order valence-electron chi connectivity index (χ1n) is 5.28. The summed E-state index contributed by atoms with van der Waals surface area (Å²) in [5, 5.41) is 5.36. The van der Waals surface area contributed by atoms with Gasteiger partial charge in [0.15, 0.2) is 0 Å². The van der Waals surface area contributed by atoms with Crippen molar-refractivity contribution in [1.82, 2.24) is 10.6 Å². The Morgan fingerprint density at radius 2 is 2.40 bits per heavy atom. The van der Waals surface area contributed by atoms with E-state index < -0.39 is 0 Å².